The van der Waals surface area contributed by atoms with Crippen LogP contribution in [-0.2, 0) is 42.7 Å². The predicted octanol–water partition coefficient (Wildman–Crippen LogP) is 2.86. The minimum atomic E-state index is -1.81. The molecule has 3 saturated heterocycles. The van der Waals surface area contributed by atoms with Crippen molar-refractivity contribution in [2.75, 3.05) is 21.2 Å². The third-order valence-electron chi connectivity index (χ3n) is 12.5. The number of ether oxygens (including phenoxy) is 7. The van der Waals surface area contributed by atoms with Crippen LogP contribution in [0.4, 0.5) is 0 Å². The second-order valence-electron chi connectivity index (χ2n) is 16.4. The van der Waals surface area contributed by atoms with Crippen LogP contribution in [0.3, 0.4) is 0 Å². The van der Waals surface area contributed by atoms with Gasteiger partial charge < -0.3 is 63.6 Å². The van der Waals surface area contributed by atoms with Crippen LogP contribution >= 0.6 is 0 Å². The third-order valence-corrected chi connectivity index (χ3v) is 12.5. The number of phenolic OH excluding ortho intramolecular Hbond substituents is 3. The van der Waals surface area contributed by atoms with Crippen molar-refractivity contribution < 1.29 is 77.9 Å². The van der Waals surface area contributed by atoms with Gasteiger partial charge in [0.05, 0.1) is 53.8 Å². The van der Waals surface area contributed by atoms with Gasteiger partial charge in [-0.15, -0.1) is 0 Å². The van der Waals surface area contributed by atoms with Crippen molar-refractivity contribution in [3.05, 3.63) is 51.6 Å². The Morgan fingerprint density at radius 2 is 1.47 bits per heavy atom. The number of rotatable bonds is 9. The third kappa shape index (κ3) is 7.65. The summed E-state index contributed by atoms with van der Waals surface area (Å²) < 4.78 is 42.6. The fourth-order valence-corrected chi connectivity index (χ4v) is 9.33. The van der Waals surface area contributed by atoms with Gasteiger partial charge >= 0.3 is 5.97 Å². The molecule has 17 nitrogen and oxygen atoms in total. The molecule has 5 aliphatic rings. The number of aromatic hydroxyl groups is 3. The van der Waals surface area contributed by atoms with Crippen LogP contribution in [0.25, 0.3) is 0 Å². The first-order chi connectivity index (χ1) is 27.9. The number of nitrogens with zero attached hydrogens (tertiary/aromatic N) is 1. The van der Waals surface area contributed by atoms with Crippen LogP contribution in [0.15, 0.2) is 18.2 Å². The highest BCUT2D eigenvalue weighted by atomic mass is 16.7. The van der Waals surface area contributed by atoms with Crippen molar-refractivity contribution in [2.45, 2.75) is 145 Å². The Morgan fingerprint density at radius 3 is 2.07 bits per heavy atom. The lowest BCUT2D eigenvalue weighted by molar-refractivity contribution is -0.324. The molecule has 3 heterocycles. The average Bonchev–Trinajstić information content (AvgIpc) is 3.17. The molecule has 5 N–H and O–H groups in total. The number of hydrogen-bond donors (Lipinski definition) is 5. The molecule has 2 aliphatic carbocycles. The first-order valence-electron chi connectivity index (χ1n) is 20.0. The number of esters is 1. The maximum atomic E-state index is 14.0. The summed E-state index contributed by atoms with van der Waals surface area (Å²) in [4.78, 5) is 55.1. The fourth-order valence-electron chi connectivity index (χ4n) is 9.33. The molecule has 3 aliphatic heterocycles. The molecule has 2 aromatic rings. The summed E-state index contributed by atoms with van der Waals surface area (Å²) >= 11 is 0. The lowest BCUT2D eigenvalue weighted by Gasteiger charge is -2.48. The van der Waals surface area contributed by atoms with Crippen molar-refractivity contribution in [1.29, 1.82) is 0 Å². The van der Waals surface area contributed by atoms with Crippen LogP contribution in [0.1, 0.15) is 121 Å². The number of fused-ring (bicyclic) bond motifs is 3. The van der Waals surface area contributed by atoms with Crippen LogP contribution in [0, 0.1) is 0 Å². The molecule has 3 fully saturated rings. The van der Waals surface area contributed by atoms with Crippen molar-refractivity contribution in [1.82, 2.24) is 4.90 Å². The lowest BCUT2D eigenvalue weighted by atomic mass is 9.67. The standard InChI is InChI=1S/C42H53NO16/c1-8-42(52)16-27(31-20(35(42)41(51)53-7)13-21-32(37(31)49)38(50)34-25(46)10-9-24(45)33(34)36(21)48)57-29-14-22(43(5)6)39(18(3)55-29)59-30-15-26(47)40(19(4)56-30)58-28-12-11-23(44)17(2)54-28/h9-10,13,17-19,22,26-30,35,39-40,45-47,49,52H,8,11-12,14-16H2,1-7H3/t17-,18+,19-,22-,26-,27-,28+,29+,30+,35+,39+,40+,42-/m0/s1. The lowest BCUT2D eigenvalue weighted by Crippen LogP contribution is -2.58. The molecule has 2 aromatic carbocycles. The van der Waals surface area contributed by atoms with Gasteiger partial charge in [-0.2, -0.15) is 0 Å². The van der Waals surface area contributed by atoms with Gasteiger partial charge in [-0.3, -0.25) is 19.2 Å². The minimum absolute atomic E-state index is 0.00116. The molecule has 0 radical (unpaired) electrons. The molecule has 59 heavy (non-hydrogen) atoms. The van der Waals surface area contributed by atoms with Crippen molar-refractivity contribution in [3.63, 3.8) is 0 Å². The zero-order valence-electron chi connectivity index (χ0n) is 34.1. The van der Waals surface area contributed by atoms with E-state index in [4.69, 9.17) is 33.2 Å². The van der Waals surface area contributed by atoms with Crippen molar-refractivity contribution >= 4 is 23.3 Å². The average molecular weight is 828 g/mol. The van der Waals surface area contributed by atoms with Gasteiger partial charge in [0.25, 0.3) is 0 Å². The first-order valence-corrected chi connectivity index (χ1v) is 20.0. The number of phenols is 3. The van der Waals surface area contributed by atoms with E-state index in [2.05, 4.69) is 0 Å². The Balaban J connectivity index is 1.14. The van der Waals surface area contributed by atoms with Crippen LogP contribution in [-0.4, -0.2) is 142 Å². The molecule has 7 rings (SSSR count). The van der Waals surface area contributed by atoms with E-state index in [1.165, 1.54) is 6.07 Å². The maximum Gasteiger partial charge on any atom is 0.316 e. The quantitative estimate of drug-likeness (QED) is 0.154. The second kappa shape index (κ2) is 16.4. The van der Waals surface area contributed by atoms with Crippen molar-refractivity contribution in [2.24, 2.45) is 0 Å². The van der Waals surface area contributed by atoms with E-state index in [1.54, 1.807) is 27.7 Å². The number of methoxy groups -OCH3 is 1. The molecule has 322 valence electrons. The molecule has 0 saturated carbocycles. The van der Waals surface area contributed by atoms with E-state index < -0.39 is 125 Å². The summed E-state index contributed by atoms with van der Waals surface area (Å²) in [5.41, 5.74) is -3.58. The molecule has 17 heteroatoms. The van der Waals surface area contributed by atoms with E-state index in [1.807, 2.05) is 19.0 Å². The van der Waals surface area contributed by atoms with Gasteiger partial charge in [-0.05, 0) is 65.0 Å². The second-order valence-corrected chi connectivity index (χ2v) is 16.4. The van der Waals surface area contributed by atoms with E-state index in [-0.39, 0.29) is 54.2 Å². The zero-order chi connectivity index (χ0) is 42.8. The van der Waals surface area contributed by atoms with Crippen LogP contribution < -0.4 is 0 Å². The number of carbonyl (C=O) groups is 4. The Labute approximate surface area is 341 Å². The topological polar surface area (TPSA) is 237 Å². The number of aliphatic hydroxyl groups excluding tert-OH is 1. The van der Waals surface area contributed by atoms with E-state index in [0.717, 1.165) is 19.2 Å². The van der Waals surface area contributed by atoms with E-state index in [9.17, 15) is 44.7 Å². The number of likely N-dealkylation sites (N-methyl/N-ethyl adjacent to an activating group) is 1. The number of ketones is 3. The Kier molecular flexibility index (Phi) is 12.0. The molecule has 0 bridgehead atoms. The SMILES string of the molecule is CC[C@]1(O)C[C@H](O[C@@H]2C[C@H](N(C)C)[C@H](O[C@@H]3C[C@H](O)[C@H](O[C@@H]4CCC(=O)[C@H](C)O4)[C@H](C)O3)[C@@H](C)O2)c2c(cc3c(c2O)C(=O)c2c(O)ccc(O)c2C3=O)[C@@H]1C(=O)OC. The number of aliphatic hydroxyl groups is 2. The highest BCUT2D eigenvalue weighted by Crippen LogP contribution is 2.54. The number of hydrogen-bond acceptors (Lipinski definition) is 17. The summed E-state index contributed by atoms with van der Waals surface area (Å²) in [6.45, 7) is 6.89. The molecule has 0 spiro atoms. The Bertz CT molecular complexity index is 1990. The van der Waals surface area contributed by atoms with Gasteiger partial charge in [-0.1, -0.05) is 6.92 Å². The molecule has 0 aromatic heterocycles. The summed E-state index contributed by atoms with van der Waals surface area (Å²) in [5.74, 6) is -5.90. The van der Waals surface area contributed by atoms with E-state index in [0.29, 0.717) is 12.8 Å². The summed E-state index contributed by atoms with van der Waals surface area (Å²) in [6, 6.07) is 3.01. The van der Waals surface area contributed by atoms with Gasteiger partial charge in [0, 0.05) is 49.3 Å². The first kappa shape index (κ1) is 43.1. The molecule has 13 atom stereocenters. The Morgan fingerprint density at radius 1 is 0.864 bits per heavy atom. The monoisotopic (exact) mass is 827 g/mol. The largest absolute Gasteiger partial charge is 0.507 e. The molecule has 0 amide bonds. The van der Waals surface area contributed by atoms with Crippen LogP contribution in [0.5, 0.6) is 17.2 Å². The summed E-state index contributed by atoms with van der Waals surface area (Å²) in [6.07, 6.45) is -6.99. The summed E-state index contributed by atoms with van der Waals surface area (Å²) in [7, 11) is 4.85. The maximum absolute atomic E-state index is 14.0. The Hall–Kier alpha value is -4.04. The van der Waals surface area contributed by atoms with Crippen molar-refractivity contribution in [3.8, 4) is 17.2 Å². The number of Topliss-reactive ketones (excluding diaryl/α,β-unsaturated/α-hetero) is 1. The van der Waals surface area contributed by atoms with Gasteiger partial charge in [0.2, 0.25) is 5.78 Å². The number of benzene rings is 2. The highest BCUT2D eigenvalue weighted by molar-refractivity contribution is 6.31. The highest BCUT2D eigenvalue weighted by Gasteiger charge is 2.54. The molecular weight excluding hydrogens is 774 g/mol. The molecule has 0 unspecified atom stereocenters. The summed E-state index contributed by atoms with van der Waals surface area (Å²) in [5, 5.41) is 56.5. The zero-order valence-corrected chi connectivity index (χ0v) is 34.1. The normalized spacial score (nSPS) is 35.9. The van der Waals surface area contributed by atoms with Gasteiger partial charge in [0.1, 0.15) is 41.5 Å². The van der Waals surface area contributed by atoms with Gasteiger partial charge in [0.15, 0.2) is 30.4 Å². The predicted molar refractivity (Wildman–Crippen MR) is 203 cm³/mol. The smallest absolute Gasteiger partial charge is 0.316 e. The van der Waals surface area contributed by atoms with Gasteiger partial charge in [-0.25, -0.2) is 0 Å². The minimum Gasteiger partial charge on any atom is -0.507 e. The fraction of sp³-hybridized carbons (Fsp3) is 0.619. The van der Waals surface area contributed by atoms with E-state index >= 15 is 0 Å². The molecular formula is C42H53NO16. The van der Waals surface area contributed by atoms with Crippen LogP contribution in [0.2, 0.25) is 0 Å². The number of carbonyl (C=O) groups excluding carboxylic acids is 4.